The molecule has 0 aromatic rings. The molecule has 2 aliphatic rings. The van der Waals surface area contributed by atoms with Crippen molar-refractivity contribution >= 4 is 6.09 Å². The number of carbonyl (C=O) groups excluding carboxylic acids is 1. The Morgan fingerprint density at radius 3 is 2.58 bits per heavy atom. The van der Waals surface area contributed by atoms with Crippen LogP contribution in [0.1, 0.15) is 47.5 Å². The van der Waals surface area contributed by atoms with Crippen molar-refractivity contribution in [2.24, 2.45) is 0 Å². The highest BCUT2D eigenvalue weighted by Crippen LogP contribution is 2.34. The molecular formula is C14H25NO4. The zero-order valence-electron chi connectivity index (χ0n) is 12.6. The van der Waals surface area contributed by atoms with E-state index in [9.17, 15) is 4.79 Å². The van der Waals surface area contributed by atoms with Crippen LogP contribution in [0, 0.1) is 0 Å². The zero-order valence-corrected chi connectivity index (χ0v) is 12.6. The third-order valence-electron chi connectivity index (χ3n) is 3.50. The van der Waals surface area contributed by atoms with Crippen molar-refractivity contribution in [2.45, 2.75) is 70.9 Å². The van der Waals surface area contributed by atoms with Crippen molar-refractivity contribution in [3.63, 3.8) is 0 Å². The summed E-state index contributed by atoms with van der Waals surface area (Å²) in [5.74, 6) is 0. The van der Waals surface area contributed by atoms with Gasteiger partial charge in [-0.2, -0.15) is 0 Å². The van der Waals surface area contributed by atoms with E-state index < -0.39 is 11.3 Å². The third-order valence-corrected chi connectivity index (χ3v) is 3.50. The summed E-state index contributed by atoms with van der Waals surface area (Å²) in [5.41, 5.74) is -1.14. The molecule has 1 unspecified atom stereocenters. The lowest BCUT2D eigenvalue weighted by atomic mass is 10.1. The monoisotopic (exact) mass is 271 g/mol. The maximum absolute atomic E-state index is 12.4. The van der Waals surface area contributed by atoms with Gasteiger partial charge in [0.15, 0.2) is 0 Å². The summed E-state index contributed by atoms with van der Waals surface area (Å²) in [6, 6.07) is -0.0488. The van der Waals surface area contributed by atoms with Gasteiger partial charge in [0.25, 0.3) is 0 Å². The van der Waals surface area contributed by atoms with Crippen LogP contribution in [0.4, 0.5) is 4.79 Å². The second-order valence-corrected chi connectivity index (χ2v) is 6.73. The average Bonchev–Trinajstić information content (AvgIpc) is 2.81. The van der Waals surface area contributed by atoms with Gasteiger partial charge in [0.2, 0.25) is 0 Å². The van der Waals surface area contributed by atoms with E-state index in [4.69, 9.17) is 14.2 Å². The molecule has 2 aliphatic heterocycles. The van der Waals surface area contributed by atoms with Crippen molar-refractivity contribution in [2.75, 3.05) is 13.2 Å². The SMILES string of the molecule is CC(C)(C)OC(=O)N1[C@H](C2CCCO2)COC1(C)C. The molecule has 2 rings (SSSR count). The normalized spacial score (nSPS) is 30.7. The number of hydrogen-bond donors (Lipinski definition) is 0. The van der Waals surface area contributed by atoms with E-state index in [-0.39, 0.29) is 18.2 Å². The number of hydrogen-bond acceptors (Lipinski definition) is 4. The lowest BCUT2D eigenvalue weighted by Crippen LogP contribution is -2.53. The number of rotatable bonds is 1. The first-order chi connectivity index (χ1) is 8.71. The summed E-state index contributed by atoms with van der Waals surface area (Å²) in [5, 5.41) is 0. The minimum atomic E-state index is -0.640. The summed E-state index contributed by atoms with van der Waals surface area (Å²) in [4.78, 5) is 14.1. The van der Waals surface area contributed by atoms with Crippen LogP contribution in [0.2, 0.25) is 0 Å². The van der Waals surface area contributed by atoms with E-state index in [0.29, 0.717) is 6.61 Å². The molecule has 0 bridgehead atoms. The Morgan fingerprint density at radius 1 is 1.37 bits per heavy atom. The summed E-state index contributed by atoms with van der Waals surface area (Å²) < 4.78 is 17.0. The van der Waals surface area contributed by atoms with Crippen LogP contribution < -0.4 is 0 Å². The maximum atomic E-state index is 12.4. The number of ether oxygens (including phenoxy) is 3. The zero-order chi connectivity index (χ0) is 14.3. The van der Waals surface area contributed by atoms with E-state index in [2.05, 4.69) is 0 Å². The Morgan fingerprint density at radius 2 is 2.05 bits per heavy atom. The van der Waals surface area contributed by atoms with Crippen molar-refractivity contribution in [3.8, 4) is 0 Å². The van der Waals surface area contributed by atoms with Gasteiger partial charge < -0.3 is 14.2 Å². The van der Waals surface area contributed by atoms with Crippen molar-refractivity contribution in [1.82, 2.24) is 4.90 Å². The van der Waals surface area contributed by atoms with Gasteiger partial charge in [0.05, 0.1) is 18.8 Å². The Bertz CT molecular complexity index is 342. The number of nitrogens with zero attached hydrogens (tertiary/aromatic N) is 1. The molecule has 2 heterocycles. The molecule has 2 saturated heterocycles. The molecule has 5 nitrogen and oxygen atoms in total. The first-order valence-electron chi connectivity index (χ1n) is 6.98. The van der Waals surface area contributed by atoms with E-state index in [1.54, 1.807) is 4.90 Å². The van der Waals surface area contributed by atoms with Crippen LogP contribution >= 0.6 is 0 Å². The Balaban J connectivity index is 2.14. The van der Waals surface area contributed by atoms with Crippen LogP contribution in [-0.4, -0.2) is 47.7 Å². The first kappa shape index (κ1) is 14.6. The fourth-order valence-electron chi connectivity index (χ4n) is 2.68. The van der Waals surface area contributed by atoms with Gasteiger partial charge >= 0.3 is 6.09 Å². The molecule has 0 aromatic heterocycles. The van der Waals surface area contributed by atoms with Gasteiger partial charge in [-0.15, -0.1) is 0 Å². The smallest absolute Gasteiger partial charge is 0.412 e. The van der Waals surface area contributed by atoms with E-state index in [1.807, 2.05) is 34.6 Å². The van der Waals surface area contributed by atoms with Gasteiger partial charge in [0.1, 0.15) is 11.3 Å². The summed E-state index contributed by atoms with van der Waals surface area (Å²) in [6.45, 7) is 10.7. The molecule has 19 heavy (non-hydrogen) atoms. The molecule has 0 N–H and O–H groups in total. The van der Waals surface area contributed by atoms with Crippen molar-refractivity contribution in [3.05, 3.63) is 0 Å². The average molecular weight is 271 g/mol. The van der Waals surface area contributed by atoms with Crippen LogP contribution in [0.15, 0.2) is 0 Å². The van der Waals surface area contributed by atoms with Crippen molar-refractivity contribution in [1.29, 1.82) is 0 Å². The molecule has 110 valence electrons. The van der Waals surface area contributed by atoms with Crippen LogP contribution in [-0.2, 0) is 14.2 Å². The Labute approximate surface area is 115 Å². The van der Waals surface area contributed by atoms with Gasteiger partial charge in [-0.3, -0.25) is 4.90 Å². The van der Waals surface area contributed by atoms with E-state index in [0.717, 1.165) is 19.4 Å². The number of amides is 1. The van der Waals surface area contributed by atoms with Gasteiger partial charge in [-0.05, 0) is 47.5 Å². The standard InChI is InChI=1S/C14H25NO4/c1-13(2,3)19-12(16)15-10(9-18-14(15,4)5)11-7-6-8-17-11/h10-11H,6-9H2,1-5H3/t10-,11?/m0/s1. The quantitative estimate of drug-likeness (QED) is 0.735. The Hall–Kier alpha value is -0.810. The molecule has 5 heteroatoms. The highest BCUT2D eigenvalue weighted by atomic mass is 16.6. The summed E-state index contributed by atoms with van der Waals surface area (Å²) in [7, 11) is 0. The summed E-state index contributed by atoms with van der Waals surface area (Å²) >= 11 is 0. The van der Waals surface area contributed by atoms with Crippen LogP contribution in [0.5, 0.6) is 0 Å². The molecule has 2 atom stereocenters. The van der Waals surface area contributed by atoms with Gasteiger partial charge in [-0.25, -0.2) is 4.79 Å². The topological polar surface area (TPSA) is 48.0 Å². The summed E-state index contributed by atoms with van der Waals surface area (Å²) in [6.07, 6.45) is 1.76. The lowest BCUT2D eigenvalue weighted by molar-refractivity contribution is -0.0687. The maximum Gasteiger partial charge on any atom is 0.412 e. The fourth-order valence-corrected chi connectivity index (χ4v) is 2.68. The predicted molar refractivity (Wildman–Crippen MR) is 70.9 cm³/mol. The molecule has 0 aromatic carbocycles. The molecule has 2 fully saturated rings. The fraction of sp³-hybridized carbons (Fsp3) is 0.929. The molecular weight excluding hydrogens is 246 g/mol. The predicted octanol–water partition coefficient (Wildman–Crippen LogP) is 2.54. The first-order valence-corrected chi connectivity index (χ1v) is 6.98. The van der Waals surface area contributed by atoms with E-state index >= 15 is 0 Å². The second-order valence-electron chi connectivity index (χ2n) is 6.73. The molecule has 0 radical (unpaired) electrons. The van der Waals surface area contributed by atoms with Crippen LogP contribution in [0.3, 0.4) is 0 Å². The van der Waals surface area contributed by atoms with Crippen LogP contribution in [0.25, 0.3) is 0 Å². The minimum Gasteiger partial charge on any atom is -0.444 e. The van der Waals surface area contributed by atoms with Gasteiger partial charge in [-0.1, -0.05) is 0 Å². The Kier molecular flexibility index (Phi) is 3.80. The van der Waals surface area contributed by atoms with E-state index in [1.165, 1.54) is 0 Å². The molecule has 1 amide bonds. The van der Waals surface area contributed by atoms with Gasteiger partial charge in [0, 0.05) is 6.61 Å². The molecule has 0 spiro atoms. The lowest BCUT2D eigenvalue weighted by Gasteiger charge is -2.36. The molecule has 0 saturated carbocycles. The van der Waals surface area contributed by atoms with Crippen molar-refractivity contribution < 1.29 is 19.0 Å². The molecule has 0 aliphatic carbocycles. The highest BCUT2D eigenvalue weighted by Gasteiger charge is 2.49. The minimum absolute atomic E-state index is 0.0488. The number of carbonyl (C=O) groups is 1. The third kappa shape index (κ3) is 3.20. The largest absolute Gasteiger partial charge is 0.444 e. The highest BCUT2D eigenvalue weighted by molar-refractivity contribution is 5.69. The second kappa shape index (κ2) is 4.94.